The molecule has 0 saturated carbocycles. The van der Waals surface area contributed by atoms with E-state index in [0.717, 1.165) is 24.2 Å². The van der Waals surface area contributed by atoms with Crippen LogP contribution in [-0.4, -0.2) is 12.5 Å². The highest BCUT2D eigenvalue weighted by molar-refractivity contribution is 7.07. The van der Waals surface area contributed by atoms with E-state index in [2.05, 4.69) is 40.7 Å². The Balaban J connectivity index is 0.00000560. The predicted molar refractivity (Wildman–Crippen MR) is 165 cm³/mol. The summed E-state index contributed by atoms with van der Waals surface area (Å²) in [5.74, 6) is 0.714. The van der Waals surface area contributed by atoms with Gasteiger partial charge in [0.15, 0.2) is 12.7 Å². The molecule has 0 unspecified atom stereocenters. The van der Waals surface area contributed by atoms with Crippen LogP contribution >= 0.6 is 22.9 Å². The third kappa shape index (κ3) is 12.7. The number of halogens is 2. The van der Waals surface area contributed by atoms with Gasteiger partial charge in [-0.3, -0.25) is 4.79 Å². The lowest BCUT2D eigenvalue weighted by Gasteiger charge is -2.22. The van der Waals surface area contributed by atoms with Gasteiger partial charge < -0.3 is 26.6 Å². The molecule has 220 valence electrons. The minimum atomic E-state index is -0.00150. The van der Waals surface area contributed by atoms with Crippen molar-refractivity contribution in [2.75, 3.05) is 11.5 Å². The van der Waals surface area contributed by atoms with E-state index < -0.39 is 0 Å². The van der Waals surface area contributed by atoms with E-state index in [0.29, 0.717) is 23.9 Å². The van der Waals surface area contributed by atoms with Crippen LogP contribution in [0.1, 0.15) is 102 Å². The first kappa shape index (κ1) is 34.3. The quantitative estimate of drug-likeness (QED) is 0.112. The Hall–Kier alpha value is -1.89. The first-order chi connectivity index (χ1) is 19.1. The lowest BCUT2D eigenvalue weighted by Crippen LogP contribution is -3.00. The van der Waals surface area contributed by atoms with Gasteiger partial charge in [0, 0.05) is 18.2 Å². The highest BCUT2D eigenvalue weighted by atomic mass is 79.9. The minimum absolute atomic E-state index is 0. The molecule has 1 heterocycles. The molecule has 7 heteroatoms. The molecule has 0 radical (unpaired) electrons. The van der Waals surface area contributed by atoms with Gasteiger partial charge in [0.2, 0.25) is 11.4 Å². The molecule has 0 aliphatic rings. The molecular weight excluding hydrogens is 604 g/mol. The maximum absolute atomic E-state index is 12.5. The first-order valence-electron chi connectivity index (χ1n) is 14.8. The number of hydrogen-bond acceptors (Lipinski definition) is 3. The van der Waals surface area contributed by atoms with Gasteiger partial charge in [-0.05, 0) is 36.2 Å². The summed E-state index contributed by atoms with van der Waals surface area (Å²) in [6.45, 7) is 5.84. The van der Waals surface area contributed by atoms with Crippen molar-refractivity contribution in [3.8, 4) is 5.75 Å². The van der Waals surface area contributed by atoms with Gasteiger partial charge in [0.1, 0.15) is 5.75 Å². The maximum atomic E-state index is 12.5. The summed E-state index contributed by atoms with van der Waals surface area (Å²) in [5.41, 5.74) is 5.14. The highest BCUT2D eigenvalue weighted by Crippen LogP contribution is 2.28. The molecule has 2 aromatic carbocycles. The van der Waals surface area contributed by atoms with Crippen molar-refractivity contribution in [3.63, 3.8) is 0 Å². The molecule has 40 heavy (non-hydrogen) atoms. The summed E-state index contributed by atoms with van der Waals surface area (Å²) >= 11 is 8.22. The van der Waals surface area contributed by atoms with Gasteiger partial charge in [0.25, 0.3) is 0 Å². The van der Waals surface area contributed by atoms with Crippen LogP contribution in [0.3, 0.4) is 0 Å². The number of aromatic nitrogens is 1. The minimum Gasteiger partial charge on any atom is -1.00 e. The number of unbranched alkanes of at least 4 members (excludes halogenated alkanes) is 11. The Bertz CT molecular complexity index is 1090. The largest absolute Gasteiger partial charge is 1.00 e. The highest BCUT2D eigenvalue weighted by Gasteiger charge is 2.14. The van der Waals surface area contributed by atoms with Crippen LogP contribution in [0.25, 0.3) is 0 Å². The zero-order chi connectivity index (χ0) is 27.7. The Morgan fingerprint density at radius 1 is 0.875 bits per heavy atom. The predicted octanol–water partition coefficient (Wildman–Crippen LogP) is 6.37. The number of anilines is 1. The summed E-state index contributed by atoms with van der Waals surface area (Å²) in [4.78, 5) is 14.2. The average molecular weight is 650 g/mol. The molecule has 0 saturated heterocycles. The summed E-state index contributed by atoms with van der Waals surface area (Å²) in [5, 5.41) is 2.66. The molecule has 0 atom stereocenters. The standard InChI is InChI=1S/C33H46ClN2O2S.BrH/c1-3-4-5-6-7-8-9-10-11-12-13-14-22-38-33-20-17-30(24-32(33)34)26-36(28(2)37)31-18-15-29(16-19-31)25-35-21-23-39-27-35;/h15-21,23-24,27H,3-14,22,25-26H2,1-2H3;1H/q+1;/p-1. The molecule has 1 aromatic heterocycles. The van der Waals surface area contributed by atoms with Crippen LogP contribution in [0.5, 0.6) is 5.75 Å². The van der Waals surface area contributed by atoms with Gasteiger partial charge >= 0.3 is 0 Å². The summed E-state index contributed by atoms with van der Waals surface area (Å²) < 4.78 is 8.11. The number of nitrogens with zero attached hydrogens (tertiary/aromatic N) is 2. The third-order valence-electron chi connectivity index (χ3n) is 7.11. The number of carbonyl (C=O) groups excluding carboxylic acids is 1. The molecule has 0 fully saturated rings. The Morgan fingerprint density at radius 3 is 2.02 bits per heavy atom. The van der Waals surface area contributed by atoms with Gasteiger partial charge in [-0.25, -0.2) is 0 Å². The third-order valence-corrected chi connectivity index (χ3v) is 8.08. The van der Waals surface area contributed by atoms with Crippen molar-refractivity contribution in [2.45, 2.75) is 104 Å². The maximum Gasteiger partial charge on any atom is 0.224 e. The molecular formula is C33H46BrClN2O2S. The van der Waals surface area contributed by atoms with Gasteiger partial charge in [-0.1, -0.05) is 119 Å². The molecule has 0 N–H and O–H groups in total. The fraction of sp³-hybridized carbons (Fsp3) is 0.515. The SMILES string of the molecule is CCCCCCCCCCCCCCOc1ccc(CN(C(C)=O)c2ccc(C[n+]3ccsc3)cc2)cc1Cl.[Br-]. The van der Waals surface area contributed by atoms with E-state index in [1.165, 1.54) is 76.2 Å². The van der Waals surface area contributed by atoms with Crippen LogP contribution < -0.4 is 31.2 Å². The second-order valence-corrected chi connectivity index (χ2v) is 11.6. The molecule has 0 spiro atoms. The van der Waals surface area contributed by atoms with E-state index in [1.54, 1.807) is 23.2 Å². The van der Waals surface area contributed by atoms with Crippen LogP contribution in [0.4, 0.5) is 5.69 Å². The number of carbonyl (C=O) groups is 1. The number of benzene rings is 2. The first-order valence-corrected chi connectivity index (χ1v) is 16.1. The van der Waals surface area contributed by atoms with Gasteiger partial charge in [-0.15, -0.1) is 0 Å². The van der Waals surface area contributed by atoms with Crippen molar-refractivity contribution in [1.29, 1.82) is 0 Å². The number of rotatable bonds is 19. The second-order valence-electron chi connectivity index (χ2n) is 10.5. The van der Waals surface area contributed by atoms with Crippen molar-refractivity contribution in [2.24, 2.45) is 0 Å². The van der Waals surface area contributed by atoms with E-state index in [4.69, 9.17) is 16.3 Å². The van der Waals surface area contributed by atoms with Crippen LogP contribution in [-0.2, 0) is 17.9 Å². The van der Waals surface area contributed by atoms with Gasteiger partial charge in [-0.2, -0.15) is 4.57 Å². The molecule has 0 aliphatic carbocycles. The average Bonchev–Trinajstić information content (AvgIpc) is 3.44. The molecule has 3 rings (SSSR count). The lowest BCUT2D eigenvalue weighted by atomic mass is 10.1. The van der Waals surface area contributed by atoms with Crippen LogP contribution in [0, 0.1) is 0 Å². The topological polar surface area (TPSA) is 33.4 Å². The summed E-state index contributed by atoms with van der Waals surface area (Å²) in [7, 11) is 0. The van der Waals surface area contributed by atoms with Crippen LogP contribution in [0.15, 0.2) is 59.6 Å². The zero-order valence-corrected chi connectivity index (χ0v) is 27.4. The molecule has 1 amide bonds. The number of hydrogen-bond donors (Lipinski definition) is 0. The summed E-state index contributed by atoms with van der Waals surface area (Å²) in [6, 6.07) is 14.0. The molecule has 0 aliphatic heterocycles. The smallest absolute Gasteiger partial charge is 0.224 e. The number of ether oxygens (including phenoxy) is 1. The van der Waals surface area contributed by atoms with Crippen LogP contribution in [0.2, 0.25) is 5.02 Å². The fourth-order valence-electron chi connectivity index (χ4n) is 4.80. The monoisotopic (exact) mass is 648 g/mol. The van der Waals surface area contributed by atoms with E-state index >= 15 is 0 Å². The zero-order valence-electron chi connectivity index (χ0n) is 24.3. The second kappa shape index (κ2) is 20.1. The van der Waals surface area contributed by atoms with E-state index in [1.807, 2.05) is 30.3 Å². The van der Waals surface area contributed by atoms with E-state index in [-0.39, 0.29) is 22.9 Å². The Labute approximate surface area is 261 Å². The van der Waals surface area contributed by atoms with Gasteiger partial charge in [0.05, 0.1) is 23.6 Å². The summed E-state index contributed by atoms with van der Waals surface area (Å²) in [6.07, 6.45) is 18.0. The molecule has 0 bridgehead atoms. The molecule has 3 aromatic rings. The van der Waals surface area contributed by atoms with E-state index in [9.17, 15) is 4.79 Å². The number of thiazole rings is 1. The fourth-order valence-corrected chi connectivity index (χ4v) is 5.65. The number of amides is 1. The normalized spacial score (nSPS) is 10.8. The van der Waals surface area contributed by atoms with Crippen molar-refractivity contribution < 1.29 is 31.1 Å². The Kier molecular flexibility index (Phi) is 17.2. The van der Waals surface area contributed by atoms with Crippen molar-refractivity contribution >= 4 is 34.5 Å². The molecule has 4 nitrogen and oxygen atoms in total. The van der Waals surface area contributed by atoms with Crippen molar-refractivity contribution in [1.82, 2.24) is 0 Å². The lowest BCUT2D eigenvalue weighted by molar-refractivity contribution is -0.683. The Morgan fingerprint density at radius 2 is 1.48 bits per heavy atom. The van der Waals surface area contributed by atoms with Crippen molar-refractivity contribution in [3.05, 3.63) is 75.7 Å².